The highest BCUT2D eigenvalue weighted by Gasteiger charge is 2.15. The Hall–Kier alpha value is -2.11. The Kier molecular flexibility index (Phi) is 2.26. The van der Waals surface area contributed by atoms with Crippen molar-refractivity contribution in [3.8, 4) is 16.9 Å². The maximum Gasteiger partial charge on any atom is 0.162 e. The van der Waals surface area contributed by atoms with Crippen LogP contribution in [0.2, 0.25) is 0 Å². The second-order valence-electron chi connectivity index (χ2n) is 3.35. The van der Waals surface area contributed by atoms with Crippen molar-refractivity contribution in [2.45, 2.75) is 0 Å². The van der Waals surface area contributed by atoms with Crippen LogP contribution in [-0.4, -0.2) is 14.9 Å². The minimum absolute atomic E-state index is 0.115. The molecule has 0 atom stereocenters. The molecular weight excluding hydrogens is 216 g/mol. The highest BCUT2D eigenvalue weighted by atomic mass is 19.2. The lowest BCUT2D eigenvalue weighted by molar-refractivity contribution is 0.457. The van der Waals surface area contributed by atoms with Crippen LogP contribution in [0.4, 0.5) is 14.6 Å². The van der Waals surface area contributed by atoms with E-state index >= 15 is 0 Å². The van der Waals surface area contributed by atoms with E-state index in [4.69, 9.17) is 5.73 Å². The monoisotopic (exact) mass is 225 g/mol. The van der Waals surface area contributed by atoms with Crippen molar-refractivity contribution in [2.24, 2.45) is 7.05 Å². The fourth-order valence-electron chi connectivity index (χ4n) is 1.41. The minimum atomic E-state index is -1.11. The van der Waals surface area contributed by atoms with E-state index in [1.165, 1.54) is 10.9 Å². The van der Waals surface area contributed by atoms with Gasteiger partial charge in [-0.3, -0.25) is 4.68 Å². The lowest BCUT2D eigenvalue weighted by Gasteiger charge is -2.04. The van der Waals surface area contributed by atoms with Gasteiger partial charge in [0.25, 0.3) is 0 Å². The number of aromatic nitrogens is 2. The van der Waals surface area contributed by atoms with Crippen molar-refractivity contribution in [1.29, 1.82) is 0 Å². The van der Waals surface area contributed by atoms with E-state index < -0.39 is 11.6 Å². The first-order chi connectivity index (χ1) is 7.50. The summed E-state index contributed by atoms with van der Waals surface area (Å²) >= 11 is 0. The van der Waals surface area contributed by atoms with Crippen molar-refractivity contribution in [3.63, 3.8) is 0 Å². The molecule has 2 rings (SSSR count). The number of benzene rings is 1. The summed E-state index contributed by atoms with van der Waals surface area (Å²) in [5.74, 6) is -2.26. The van der Waals surface area contributed by atoms with Crippen molar-refractivity contribution in [1.82, 2.24) is 9.78 Å². The molecule has 0 unspecified atom stereocenters. The lowest BCUT2D eigenvalue weighted by Crippen LogP contribution is -1.98. The quantitative estimate of drug-likeness (QED) is 0.775. The molecule has 1 aromatic carbocycles. The van der Waals surface area contributed by atoms with E-state index in [1.54, 1.807) is 7.05 Å². The smallest absolute Gasteiger partial charge is 0.162 e. The minimum Gasteiger partial charge on any atom is -0.507 e. The maximum absolute atomic E-state index is 13.0. The number of nitrogens with two attached hydrogens (primary N) is 1. The Morgan fingerprint density at radius 2 is 1.88 bits per heavy atom. The number of aromatic hydroxyl groups is 1. The number of nitrogen functional groups attached to an aromatic ring is 1. The zero-order chi connectivity index (χ0) is 11.9. The predicted molar refractivity (Wildman–Crippen MR) is 54.6 cm³/mol. The van der Waals surface area contributed by atoms with Crippen LogP contribution in [0.3, 0.4) is 0 Å². The van der Waals surface area contributed by atoms with E-state index in [0.29, 0.717) is 11.6 Å². The topological polar surface area (TPSA) is 64.1 Å². The van der Waals surface area contributed by atoms with Gasteiger partial charge in [-0.1, -0.05) is 0 Å². The van der Waals surface area contributed by atoms with Gasteiger partial charge >= 0.3 is 0 Å². The molecule has 16 heavy (non-hydrogen) atoms. The standard InChI is InChI=1S/C10H9F2N3O/c1-15-10(13)6(4-14-15)5-2-7(11)8(12)3-9(5)16/h2-4,16H,13H2,1H3. The number of anilines is 1. The molecule has 0 fully saturated rings. The van der Waals surface area contributed by atoms with Crippen molar-refractivity contribution in [3.05, 3.63) is 30.0 Å². The summed E-state index contributed by atoms with van der Waals surface area (Å²) in [6.07, 6.45) is 1.38. The summed E-state index contributed by atoms with van der Waals surface area (Å²) in [5.41, 5.74) is 6.14. The Bertz CT molecular complexity index is 551. The average Bonchev–Trinajstić information content (AvgIpc) is 2.54. The second-order valence-corrected chi connectivity index (χ2v) is 3.35. The van der Waals surface area contributed by atoms with Crippen LogP contribution in [0.5, 0.6) is 5.75 Å². The molecule has 0 amide bonds. The summed E-state index contributed by atoms with van der Waals surface area (Å²) in [7, 11) is 1.61. The first-order valence-electron chi connectivity index (χ1n) is 4.46. The predicted octanol–water partition coefficient (Wildman–Crippen LogP) is 1.65. The Morgan fingerprint density at radius 1 is 1.25 bits per heavy atom. The molecule has 0 saturated carbocycles. The molecule has 3 N–H and O–H groups in total. The average molecular weight is 225 g/mol. The number of halogens is 2. The van der Waals surface area contributed by atoms with Gasteiger partial charge in [0.05, 0.1) is 6.20 Å². The number of hydrogen-bond acceptors (Lipinski definition) is 3. The van der Waals surface area contributed by atoms with E-state index in [1.807, 2.05) is 0 Å². The highest BCUT2D eigenvalue weighted by Crippen LogP contribution is 2.34. The molecule has 84 valence electrons. The van der Waals surface area contributed by atoms with E-state index in [9.17, 15) is 13.9 Å². The number of hydrogen-bond donors (Lipinski definition) is 2. The Labute approximate surface area is 89.9 Å². The van der Waals surface area contributed by atoms with Crippen LogP contribution in [-0.2, 0) is 7.05 Å². The summed E-state index contributed by atoms with van der Waals surface area (Å²) in [4.78, 5) is 0. The summed E-state index contributed by atoms with van der Waals surface area (Å²) < 4.78 is 27.2. The van der Waals surface area contributed by atoms with E-state index in [0.717, 1.165) is 6.07 Å². The number of aryl methyl sites for hydroxylation is 1. The SMILES string of the molecule is Cn1ncc(-c2cc(F)c(F)cc2O)c1N. The molecular formula is C10H9F2N3O. The van der Waals surface area contributed by atoms with Gasteiger partial charge in [0.1, 0.15) is 11.6 Å². The van der Waals surface area contributed by atoms with Crippen LogP contribution >= 0.6 is 0 Å². The number of phenolic OH excluding ortho intramolecular Hbond substituents is 1. The Morgan fingerprint density at radius 3 is 2.44 bits per heavy atom. The maximum atomic E-state index is 13.0. The van der Waals surface area contributed by atoms with Gasteiger partial charge in [0, 0.05) is 24.2 Å². The molecule has 1 heterocycles. The van der Waals surface area contributed by atoms with Crippen LogP contribution in [0.25, 0.3) is 11.1 Å². The van der Waals surface area contributed by atoms with Crippen molar-refractivity contribution < 1.29 is 13.9 Å². The summed E-state index contributed by atoms with van der Waals surface area (Å²) in [5, 5.41) is 13.4. The lowest BCUT2D eigenvalue weighted by atomic mass is 10.1. The van der Waals surface area contributed by atoms with E-state index in [2.05, 4.69) is 5.10 Å². The molecule has 0 radical (unpaired) electrons. The van der Waals surface area contributed by atoms with Gasteiger partial charge < -0.3 is 10.8 Å². The second kappa shape index (κ2) is 3.48. The highest BCUT2D eigenvalue weighted by molar-refractivity contribution is 5.78. The fourth-order valence-corrected chi connectivity index (χ4v) is 1.41. The third-order valence-corrected chi connectivity index (χ3v) is 2.31. The Balaban J connectivity index is 2.65. The molecule has 2 aromatic rings. The molecule has 0 aliphatic rings. The molecule has 0 bridgehead atoms. The fraction of sp³-hybridized carbons (Fsp3) is 0.100. The van der Waals surface area contributed by atoms with Gasteiger partial charge in [-0.2, -0.15) is 5.10 Å². The first-order valence-corrected chi connectivity index (χ1v) is 4.46. The number of rotatable bonds is 1. The van der Waals surface area contributed by atoms with Gasteiger partial charge in [0.15, 0.2) is 11.6 Å². The number of nitrogens with zero attached hydrogens (tertiary/aromatic N) is 2. The van der Waals surface area contributed by atoms with Gasteiger partial charge in [0.2, 0.25) is 0 Å². The van der Waals surface area contributed by atoms with Crippen molar-refractivity contribution >= 4 is 5.82 Å². The molecule has 4 nitrogen and oxygen atoms in total. The van der Waals surface area contributed by atoms with Crippen molar-refractivity contribution in [2.75, 3.05) is 5.73 Å². The van der Waals surface area contributed by atoms with Crippen LogP contribution in [0.1, 0.15) is 0 Å². The third-order valence-electron chi connectivity index (χ3n) is 2.31. The normalized spacial score (nSPS) is 10.7. The van der Waals surface area contributed by atoms with Crippen LogP contribution in [0, 0.1) is 11.6 Å². The zero-order valence-electron chi connectivity index (χ0n) is 8.41. The summed E-state index contributed by atoms with van der Waals surface area (Å²) in [6, 6.07) is 1.59. The number of phenols is 1. The van der Waals surface area contributed by atoms with Gasteiger partial charge in [-0.05, 0) is 6.07 Å². The summed E-state index contributed by atoms with van der Waals surface area (Å²) in [6.45, 7) is 0. The molecule has 6 heteroatoms. The molecule has 0 spiro atoms. The third kappa shape index (κ3) is 1.48. The largest absolute Gasteiger partial charge is 0.507 e. The van der Waals surface area contributed by atoms with E-state index in [-0.39, 0.29) is 17.1 Å². The molecule has 0 saturated heterocycles. The van der Waals surface area contributed by atoms with Gasteiger partial charge in [-0.15, -0.1) is 0 Å². The molecule has 0 aliphatic carbocycles. The van der Waals surface area contributed by atoms with Crippen LogP contribution < -0.4 is 5.73 Å². The molecule has 1 aromatic heterocycles. The molecule has 0 aliphatic heterocycles. The van der Waals surface area contributed by atoms with Crippen LogP contribution in [0.15, 0.2) is 18.3 Å². The zero-order valence-corrected chi connectivity index (χ0v) is 8.41. The van der Waals surface area contributed by atoms with Gasteiger partial charge in [-0.25, -0.2) is 8.78 Å². The first kappa shape index (κ1) is 10.4.